The Morgan fingerprint density at radius 3 is 2.74 bits per heavy atom. The van der Waals surface area contributed by atoms with Crippen LogP contribution in [0.1, 0.15) is 65.2 Å². The summed E-state index contributed by atoms with van der Waals surface area (Å²) < 4.78 is 0. The first-order valence-corrected chi connectivity index (χ1v) is 8.25. The SMILES string of the molecule is [B]C1CCCCCC2C(CC3=NC(C)CC(C)N32)C1. The molecule has 0 spiro atoms. The summed E-state index contributed by atoms with van der Waals surface area (Å²) in [5, 5.41) is 0. The fourth-order valence-corrected chi connectivity index (χ4v) is 4.57. The topological polar surface area (TPSA) is 15.6 Å². The number of hydrogen-bond donors (Lipinski definition) is 0. The van der Waals surface area contributed by atoms with Crippen LogP contribution in [0, 0.1) is 5.92 Å². The van der Waals surface area contributed by atoms with Crippen LogP contribution in [-0.4, -0.2) is 36.7 Å². The minimum absolute atomic E-state index is 0.417. The van der Waals surface area contributed by atoms with Gasteiger partial charge >= 0.3 is 0 Å². The van der Waals surface area contributed by atoms with Crippen LogP contribution in [0.5, 0.6) is 0 Å². The van der Waals surface area contributed by atoms with Crippen molar-refractivity contribution in [1.82, 2.24) is 4.90 Å². The van der Waals surface area contributed by atoms with Crippen LogP contribution < -0.4 is 0 Å². The van der Waals surface area contributed by atoms with Crippen molar-refractivity contribution in [3.63, 3.8) is 0 Å². The third-order valence-corrected chi connectivity index (χ3v) is 5.35. The van der Waals surface area contributed by atoms with E-state index in [1.807, 2.05) is 0 Å². The van der Waals surface area contributed by atoms with Crippen molar-refractivity contribution in [3.05, 3.63) is 0 Å². The summed E-state index contributed by atoms with van der Waals surface area (Å²) in [6, 6.07) is 1.92. The average Bonchev–Trinajstić information content (AvgIpc) is 2.68. The lowest BCUT2D eigenvalue weighted by atomic mass is 9.75. The number of aliphatic imine (C=N–C) groups is 1. The lowest BCUT2D eigenvalue weighted by molar-refractivity contribution is 0.187. The van der Waals surface area contributed by atoms with Crippen LogP contribution in [0.3, 0.4) is 0 Å². The zero-order valence-corrected chi connectivity index (χ0v) is 12.5. The van der Waals surface area contributed by atoms with Crippen LogP contribution >= 0.6 is 0 Å². The maximum Gasteiger partial charge on any atom is 0.100 e. The van der Waals surface area contributed by atoms with Crippen molar-refractivity contribution in [2.45, 2.75) is 89.2 Å². The van der Waals surface area contributed by atoms with Crippen LogP contribution in [-0.2, 0) is 0 Å². The quantitative estimate of drug-likeness (QED) is 0.606. The van der Waals surface area contributed by atoms with Crippen molar-refractivity contribution in [2.75, 3.05) is 0 Å². The molecule has 104 valence electrons. The normalized spacial score (nSPS) is 43.6. The highest BCUT2D eigenvalue weighted by Crippen LogP contribution is 2.41. The largest absolute Gasteiger partial charge is 0.354 e. The zero-order valence-electron chi connectivity index (χ0n) is 12.5. The van der Waals surface area contributed by atoms with Gasteiger partial charge in [0.25, 0.3) is 0 Å². The standard InChI is InChI=1S/C16H27BN2/c1-11-8-12(2)19-15-7-5-3-4-6-14(17)9-13(15)10-16(19)18-11/h11-15H,3-10H2,1-2H3. The van der Waals surface area contributed by atoms with Crippen molar-refractivity contribution < 1.29 is 0 Å². The van der Waals surface area contributed by atoms with Gasteiger partial charge < -0.3 is 4.90 Å². The van der Waals surface area contributed by atoms with Crippen LogP contribution in [0.4, 0.5) is 0 Å². The summed E-state index contributed by atoms with van der Waals surface area (Å²) in [5.74, 6) is 2.58. The molecule has 3 heteroatoms. The highest BCUT2D eigenvalue weighted by molar-refractivity contribution is 6.11. The molecule has 3 aliphatic rings. The fraction of sp³-hybridized carbons (Fsp3) is 0.938. The monoisotopic (exact) mass is 258 g/mol. The molecule has 2 heterocycles. The molecule has 0 bridgehead atoms. The number of amidine groups is 1. The van der Waals surface area contributed by atoms with E-state index in [4.69, 9.17) is 12.8 Å². The van der Waals surface area contributed by atoms with Crippen molar-refractivity contribution in [1.29, 1.82) is 0 Å². The highest BCUT2D eigenvalue weighted by atomic mass is 15.3. The third-order valence-electron chi connectivity index (χ3n) is 5.35. The number of hydrogen-bond acceptors (Lipinski definition) is 2. The van der Waals surface area contributed by atoms with Gasteiger partial charge in [-0.2, -0.15) is 0 Å². The average molecular weight is 258 g/mol. The van der Waals surface area contributed by atoms with Crippen LogP contribution in [0.2, 0.25) is 5.82 Å². The smallest absolute Gasteiger partial charge is 0.100 e. The summed E-state index contributed by atoms with van der Waals surface area (Å²) in [7, 11) is 6.32. The molecule has 2 nitrogen and oxygen atoms in total. The fourth-order valence-electron chi connectivity index (χ4n) is 4.57. The Morgan fingerprint density at radius 1 is 1.11 bits per heavy atom. The highest BCUT2D eigenvalue weighted by Gasteiger charge is 2.42. The van der Waals surface area contributed by atoms with E-state index >= 15 is 0 Å². The molecule has 2 fully saturated rings. The van der Waals surface area contributed by atoms with Gasteiger partial charge in [0, 0.05) is 18.5 Å². The van der Waals surface area contributed by atoms with Crippen molar-refractivity contribution in [2.24, 2.45) is 10.9 Å². The molecule has 0 aromatic rings. The van der Waals surface area contributed by atoms with Crippen molar-refractivity contribution >= 4 is 13.7 Å². The predicted molar refractivity (Wildman–Crippen MR) is 81.9 cm³/mol. The molecule has 1 saturated heterocycles. The van der Waals surface area contributed by atoms with E-state index in [0.717, 1.165) is 12.0 Å². The van der Waals surface area contributed by atoms with Crippen molar-refractivity contribution in [3.8, 4) is 0 Å². The van der Waals surface area contributed by atoms with E-state index in [9.17, 15) is 0 Å². The number of rotatable bonds is 0. The molecule has 5 unspecified atom stereocenters. The number of nitrogens with zero attached hydrogens (tertiary/aromatic N) is 2. The Morgan fingerprint density at radius 2 is 1.89 bits per heavy atom. The first kappa shape index (κ1) is 13.5. The lowest BCUT2D eigenvalue weighted by Gasteiger charge is -2.39. The van der Waals surface area contributed by atoms with E-state index in [0.29, 0.717) is 17.9 Å². The van der Waals surface area contributed by atoms with Gasteiger partial charge in [0.15, 0.2) is 0 Å². The van der Waals surface area contributed by atoms with Gasteiger partial charge in [-0.15, -0.1) is 0 Å². The molecular formula is C16H27BN2. The second kappa shape index (κ2) is 5.50. The molecule has 0 aromatic heterocycles. The van der Waals surface area contributed by atoms with E-state index in [-0.39, 0.29) is 0 Å². The van der Waals surface area contributed by atoms with Gasteiger partial charge in [0.2, 0.25) is 0 Å². The molecular weight excluding hydrogens is 231 g/mol. The van der Waals surface area contributed by atoms with Gasteiger partial charge in [0.05, 0.1) is 13.9 Å². The molecule has 2 radical (unpaired) electrons. The molecule has 5 atom stereocenters. The summed E-state index contributed by atoms with van der Waals surface area (Å²) >= 11 is 0. The van der Waals surface area contributed by atoms with E-state index in [1.165, 1.54) is 57.2 Å². The summed E-state index contributed by atoms with van der Waals surface area (Å²) in [6.07, 6.45) is 10.3. The Bertz CT molecular complexity index is 355. The molecule has 0 N–H and O–H groups in total. The van der Waals surface area contributed by atoms with Gasteiger partial charge in [-0.3, -0.25) is 4.99 Å². The van der Waals surface area contributed by atoms with E-state index < -0.39 is 0 Å². The van der Waals surface area contributed by atoms with Gasteiger partial charge in [-0.05, 0) is 32.6 Å². The Balaban J connectivity index is 1.82. The molecule has 1 saturated carbocycles. The summed E-state index contributed by atoms with van der Waals surface area (Å²) in [6.45, 7) is 4.65. The zero-order chi connectivity index (χ0) is 13.4. The number of fused-ring (bicyclic) bond motifs is 3. The van der Waals surface area contributed by atoms with Gasteiger partial charge in [-0.1, -0.05) is 37.9 Å². The van der Waals surface area contributed by atoms with E-state index in [1.54, 1.807) is 0 Å². The maximum atomic E-state index is 6.32. The second-order valence-corrected chi connectivity index (χ2v) is 7.05. The first-order valence-electron chi connectivity index (χ1n) is 8.25. The Kier molecular flexibility index (Phi) is 3.91. The molecule has 2 aliphatic heterocycles. The summed E-state index contributed by atoms with van der Waals surface area (Å²) in [5.41, 5.74) is 0. The maximum absolute atomic E-state index is 6.32. The van der Waals surface area contributed by atoms with Gasteiger partial charge in [0.1, 0.15) is 5.84 Å². The molecule has 0 aromatic carbocycles. The lowest BCUT2D eigenvalue weighted by Crippen LogP contribution is -2.46. The minimum Gasteiger partial charge on any atom is -0.354 e. The first-order chi connectivity index (χ1) is 9.15. The third kappa shape index (κ3) is 2.71. The van der Waals surface area contributed by atoms with Crippen LogP contribution in [0.25, 0.3) is 0 Å². The Hall–Kier alpha value is -0.465. The Labute approximate surface area is 119 Å². The minimum atomic E-state index is 0.417. The molecule has 1 aliphatic carbocycles. The van der Waals surface area contributed by atoms with Crippen LogP contribution in [0.15, 0.2) is 4.99 Å². The molecule has 19 heavy (non-hydrogen) atoms. The summed E-state index contributed by atoms with van der Waals surface area (Å²) in [4.78, 5) is 7.60. The van der Waals surface area contributed by atoms with Gasteiger partial charge in [-0.25, -0.2) is 0 Å². The second-order valence-electron chi connectivity index (χ2n) is 7.05. The molecule has 0 amide bonds. The predicted octanol–water partition coefficient (Wildman–Crippen LogP) is 3.57. The van der Waals surface area contributed by atoms with E-state index in [2.05, 4.69) is 18.7 Å². The molecule has 3 rings (SSSR count).